The second kappa shape index (κ2) is 14.2. The maximum Gasteiger partial charge on any atom is 0.264 e. The van der Waals surface area contributed by atoms with Crippen LogP contribution in [-0.2, 0) is 26.2 Å². The molecule has 2 unspecified atom stereocenters. The number of hydrogen-bond acceptors (Lipinski definition) is 5. The average Bonchev–Trinajstić information content (AvgIpc) is 2.95. The van der Waals surface area contributed by atoms with Crippen LogP contribution in [0.2, 0.25) is 0 Å². The largest absolute Gasteiger partial charge is 0.494 e. The van der Waals surface area contributed by atoms with Crippen molar-refractivity contribution in [1.29, 1.82) is 0 Å². The molecule has 0 saturated heterocycles. The minimum atomic E-state index is -4.13. The summed E-state index contributed by atoms with van der Waals surface area (Å²) in [7, 11) is -4.13. The third-order valence-corrected chi connectivity index (χ3v) is 8.72. The molecule has 0 fully saturated rings. The van der Waals surface area contributed by atoms with Crippen molar-refractivity contribution in [2.75, 3.05) is 17.5 Å². The van der Waals surface area contributed by atoms with Crippen LogP contribution in [0.25, 0.3) is 0 Å². The highest BCUT2D eigenvalue weighted by molar-refractivity contribution is 7.92. The van der Waals surface area contributed by atoms with Gasteiger partial charge in [0.05, 0.1) is 17.2 Å². The summed E-state index contributed by atoms with van der Waals surface area (Å²) in [4.78, 5) is 28.7. The van der Waals surface area contributed by atoms with Crippen molar-refractivity contribution in [2.24, 2.45) is 0 Å². The monoisotopic (exact) mass is 579 g/mol. The van der Waals surface area contributed by atoms with E-state index in [4.69, 9.17) is 4.74 Å². The summed E-state index contributed by atoms with van der Waals surface area (Å²) in [6, 6.07) is 19.9. The maximum atomic E-state index is 14.0. The van der Waals surface area contributed by atoms with Gasteiger partial charge in [-0.3, -0.25) is 13.9 Å². The number of amides is 2. The minimum Gasteiger partial charge on any atom is -0.494 e. The summed E-state index contributed by atoms with van der Waals surface area (Å²) in [5.74, 6) is -0.205. The Hall–Kier alpha value is -3.85. The van der Waals surface area contributed by atoms with E-state index in [2.05, 4.69) is 5.32 Å². The average molecular weight is 580 g/mol. The predicted octanol–water partition coefficient (Wildman–Crippen LogP) is 5.23. The molecule has 8 nitrogen and oxygen atoms in total. The number of carbonyl (C=O) groups is 2. The molecule has 41 heavy (non-hydrogen) atoms. The minimum absolute atomic E-state index is 0.0665. The highest BCUT2D eigenvalue weighted by atomic mass is 32.2. The van der Waals surface area contributed by atoms with E-state index in [1.54, 1.807) is 43.3 Å². The Bertz CT molecular complexity index is 1420. The van der Waals surface area contributed by atoms with Crippen molar-refractivity contribution in [1.82, 2.24) is 10.2 Å². The van der Waals surface area contributed by atoms with Crippen LogP contribution in [0, 0.1) is 13.8 Å². The molecule has 0 saturated carbocycles. The Morgan fingerprint density at radius 1 is 0.902 bits per heavy atom. The molecule has 3 aromatic carbocycles. The number of benzene rings is 3. The molecule has 220 valence electrons. The number of anilines is 1. The number of sulfonamides is 1. The van der Waals surface area contributed by atoms with Gasteiger partial charge in [0.25, 0.3) is 10.0 Å². The van der Waals surface area contributed by atoms with Crippen LogP contribution >= 0.6 is 0 Å². The molecule has 0 aliphatic carbocycles. The number of ether oxygens (including phenoxy) is 1. The lowest BCUT2D eigenvalue weighted by Crippen LogP contribution is -2.52. The molecule has 9 heteroatoms. The number of rotatable bonds is 13. The van der Waals surface area contributed by atoms with Crippen LogP contribution < -0.4 is 14.4 Å². The van der Waals surface area contributed by atoms with Crippen molar-refractivity contribution in [3.05, 3.63) is 89.5 Å². The fourth-order valence-electron chi connectivity index (χ4n) is 4.30. The van der Waals surface area contributed by atoms with Gasteiger partial charge in [0.2, 0.25) is 11.8 Å². The molecule has 0 radical (unpaired) electrons. The molecule has 0 aliphatic heterocycles. The van der Waals surface area contributed by atoms with E-state index in [0.717, 1.165) is 27.4 Å². The number of nitrogens with one attached hydrogen (secondary N) is 1. The van der Waals surface area contributed by atoms with Crippen molar-refractivity contribution >= 4 is 27.5 Å². The van der Waals surface area contributed by atoms with E-state index in [-0.39, 0.29) is 23.4 Å². The SMILES string of the molecule is CCOc1ccc(N(CC(=O)N(Cc2cccc(C)c2)C(C)C(=O)NC(C)CC)S(=O)(=O)c2ccc(C)cc2)cc1. The summed E-state index contributed by atoms with van der Waals surface area (Å²) in [6.07, 6.45) is 0.741. The third kappa shape index (κ3) is 8.33. The van der Waals surface area contributed by atoms with Crippen LogP contribution in [0.4, 0.5) is 5.69 Å². The Morgan fingerprint density at radius 2 is 1.56 bits per heavy atom. The lowest BCUT2D eigenvalue weighted by molar-refractivity contribution is -0.139. The summed E-state index contributed by atoms with van der Waals surface area (Å²) < 4.78 is 34.5. The van der Waals surface area contributed by atoms with Gasteiger partial charge in [-0.25, -0.2) is 8.42 Å². The van der Waals surface area contributed by atoms with Crippen molar-refractivity contribution in [3.8, 4) is 5.75 Å². The zero-order valence-electron chi connectivity index (χ0n) is 24.8. The number of hydrogen-bond donors (Lipinski definition) is 1. The molecule has 3 aromatic rings. The summed E-state index contributed by atoms with van der Waals surface area (Å²) in [5.41, 5.74) is 3.09. The predicted molar refractivity (Wildman–Crippen MR) is 162 cm³/mol. The summed E-state index contributed by atoms with van der Waals surface area (Å²) in [6.45, 7) is 11.4. The molecule has 3 rings (SSSR count). The lowest BCUT2D eigenvalue weighted by atomic mass is 10.1. The van der Waals surface area contributed by atoms with E-state index in [1.165, 1.54) is 17.0 Å². The van der Waals surface area contributed by atoms with Crippen LogP contribution in [0.1, 0.15) is 50.8 Å². The first-order valence-electron chi connectivity index (χ1n) is 13.9. The zero-order chi connectivity index (χ0) is 30.2. The molecule has 1 N–H and O–H groups in total. The van der Waals surface area contributed by atoms with Gasteiger partial charge < -0.3 is 15.0 Å². The smallest absolute Gasteiger partial charge is 0.264 e. The van der Waals surface area contributed by atoms with Crippen molar-refractivity contribution in [3.63, 3.8) is 0 Å². The second-order valence-corrected chi connectivity index (χ2v) is 12.1. The van der Waals surface area contributed by atoms with Gasteiger partial charge in [-0.2, -0.15) is 0 Å². The summed E-state index contributed by atoms with van der Waals surface area (Å²) in [5, 5.41) is 2.95. The van der Waals surface area contributed by atoms with Gasteiger partial charge >= 0.3 is 0 Å². The first-order chi connectivity index (χ1) is 19.5. The van der Waals surface area contributed by atoms with Gasteiger partial charge in [-0.05, 0) is 83.0 Å². The normalized spacial score (nSPS) is 12.7. The molecular formula is C32H41N3O5S. The standard InChI is InChI=1S/C32H41N3O5S/c1-7-25(5)33-32(37)26(6)34(21-27-11-9-10-24(4)20-27)31(36)22-35(28-14-16-29(17-15-28)40-8-2)41(38,39)30-18-12-23(3)13-19-30/h9-20,25-26H,7-8,21-22H2,1-6H3,(H,33,37). The number of aryl methyl sites for hydroxylation is 2. The third-order valence-electron chi connectivity index (χ3n) is 6.93. The lowest BCUT2D eigenvalue weighted by Gasteiger charge is -2.32. The molecule has 2 amide bonds. The fraction of sp³-hybridized carbons (Fsp3) is 0.375. The molecule has 0 spiro atoms. The summed E-state index contributed by atoms with van der Waals surface area (Å²) >= 11 is 0. The topological polar surface area (TPSA) is 96.0 Å². The molecule has 0 aromatic heterocycles. The van der Waals surface area contributed by atoms with Crippen LogP contribution in [0.3, 0.4) is 0 Å². The van der Waals surface area contributed by atoms with Gasteiger partial charge in [0.15, 0.2) is 0 Å². The first kappa shape index (κ1) is 31.7. The highest BCUT2D eigenvalue weighted by Crippen LogP contribution is 2.27. The Balaban J connectivity index is 2.03. The Labute approximate surface area is 244 Å². The Morgan fingerprint density at radius 3 is 2.15 bits per heavy atom. The van der Waals surface area contributed by atoms with Crippen LogP contribution in [-0.4, -0.2) is 50.4 Å². The van der Waals surface area contributed by atoms with E-state index in [9.17, 15) is 18.0 Å². The molecule has 2 atom stereocenters. The molecule has 0 bridgehead atoms. The molecular weight excluding hydrogens is 538 g/mol. The highest BCUT2D eigenvalue weighted by Gasteiger charge is 2.32. The first-order valence-corrected chi connectivity index (χ1v) is 15.4. The van der Waals surface area contributed by atoms with E-state index in [0.29, 0.717) is 18.0 Å². The van der Waals surface area contributed by atoms with Crippen LogP contribution in [0.15, 0.2) is 77.7 Å². The van der Waals surface area contributed by atoms with Crippen molar-refractivity contribution < 1.29 is 22.7 Å². The molecule has 0 heterocycles. The van der Waals surface area contributed by atoms with E-state index < -0.39 is 28.5 Å². The van der Waals surface area contributed by atoms with E-state index >= 15 is 0 Å². The Kier molecular flexibility index (Phi) is 10.9. The maximum absolute atomic E-state index is 14.0. The fourth-order valence-corrected chi connectivity index (χ4v) is 5.71. The molecule has 0 aliphatic rings. The van der Waals surface area contributed by atoms with Gasteiger partial charge in [0.1, 0.15) is 18.3 Å². The zero-order valence-corrected chi connectivity index (χ0v) is 25.6. The van der Waals surface area contributed by atoms with Gasteiger partial charge in [0, 0.05) is 12.6 Å². The van der Waals surface area contributed by atoms with E-state index in [1.807, 2.05) is 58.9 Å². The quantitative estimate of drug-likeness (QED) is 0.299. The van der Waals surface area contributed by atoms with Crippen molar-refractivity contribution in [2.45, 2.75) is 71.5 Å². The second-order valence-electron chi connectivity index (χ2n) is 10.3. The number of nitrogens with zero attached hydrogens (tertiary/aromatic N) is 2. The van der Waals surface area contributed by atoms with Gasteiger partial charge in [-0.1, -0.05) is 54.4 Å². The van der Waals surface area contributed by atoms with Gasteiger partial charge in [-0.15, -0.1) is 0 Å². The van der Waals surface area contributed by atoms with Crippen LogP contribution in [0.5, 0.6) is 5.75 Å². The number of carbonyl (C=O) groups excluding carboxylic acids is 2.